The van der Waals surface area contributed by atoms with Gasteiger partial charge in [-0.15, -0.1) is 0 Å². The summed E-state index contributed by atoms with van der Waals surface area (Å²) in [5, 5.41) is 11.6. The maximum atomic E-state index is 11.6. The highest BCUT2D eigenvalue weighted by Gasteiger charge is 2.07. The summed E-state index contributed by atoms with van der Waals surface area (Å²) in [7, 11) is 0. The molecule has 0 aliphatic heterocycles. The Balaban J connectivity index is 2.52. The molecule has 6 heteroatoms. The molecule has 1 aromatic rings. The topological polar surface area (TPSA) is 62.2 Å². The van der Waals surface area contributed by atoms with Gasteiger partial charge in [-0.3, -0.25) is 4.79 Å². The van der Waals surface area contributed by atoms with E-state index in [1.807, 2.05) is 0 Å². The first kappa shape index (κ1) is 13.2. The number of hydrogen-bond donors (Lipinski definition) is 2. The van der Waals surface area contributed by atoms with Gasteiger partial charge in [0, 0.05) is 18.7 Å². The van der Waals surface area contributed by atoms with Crippen molar-refractivity contribution in [2.75, 3.05) is 13.2 Å². The quantitative estimate of drug-likeness (QED) is 0.630. The standard InChI is InChI=1S/C10H12Cl2N2O2/c11-8-5-7(6-9(12)14-8)10(16)13-3-1-2-4-15/h5-6,15H,1-4H2,(H,13,16). The molecular weight excluding hydrogens is 251 g/mol. The van der Waals surface area contributed by atoms with Crippen LogP contribution in [0.15, 0.2) is 12.1 Å². The maximum absolute atomic E-state index is 11.6. The molecular formula is C10H12Cl2N2O2. The van der Waals surface area contributed by atoms with Crippen LogP contribution < -0.4 is 5.32 Å². The molecule has 0 atom stereocenters. The van der Waals surface area contributed by atoms with E-state index in [-0.39, 0.29) is 22.8 Å². The van der Waals surface area contributed by atoms with Crippen molar-refractivity contribution < 1.29 is 9.90 Å². The summed E-state index contributed by atoms with van der Waals surface area (Å²) in [6, 6.07) is 2.91. The highest BCUT2D eigenvalue weighted by atomic mass is 35.5. The number of aliphatic hydroxyl groups excluding tert-OH is 1. The number of carbonyl (C=O) groups is 1. The second kappa shape index (κ2) is 6.68. The number of aromatic nitrogens is 1. The molecule has 0 saturated heterocycles. The lowest BCUT2D eigenvalue weighted by Gasteiger charge is -2.05. The first-order valence-corrected chi connectivity index (χ1v) is 5.61. The van der Waals surface area contributed by atoms with Gasteiger partial charge in [-0.2, -0.15) is 0 Å². The predicted octanol–water partition coefficient (Wildman–Crippen LogP) is 1.89. The van der Waals surface area contributed by atoms with Crippen LogP contribution in [0.2, 0.25) is 10.3 Å². The molecule has 0 fully saturated rings. The first-order valence-electron chi connectivity index (χ1n) is 4.85. The van der Waals surface area contributed by atoms with Crippen LogP contribution in [-0.2, 0) is 0 Å². The van der Waals surface area contributed by atoms with Gasteiger partial charge in [-0.1, -0.05) is 23.2 Å². The predicted molar refractivity (Wildman–Crippen MR) is 62.9 cm³/mol. The molecule has 0 radical (unpaired) electrons. The highest BCUT2D eigenvalue weighted by molar-refractivity contribution is 6.33. The van der Waals surface area contributed by atoms with Crippen molar-refractivity contribution in [2.24, 2.45) is 0 Å². The second-order valence-corrected chi connectivity index (χ2v) is 3.96. The van der Waals surface area contributed by atoms with Crippen LogP contribution in [0.5, 0.6) is 0 Å². The van der Waals surface area contributed by atoms with Crippen LogP contribution in [0.3, 0.4) is 0 Å². The minimum absolute atomic E-state index is 0.128. The number of amides is 1. The Hall–Kier alpha value is -0.840. The van der Waals surface area contributed by atoms with Crippen molar-refractivity contribution in [1.29, 1.82) is 0 Å². The smallest absolute Gasteiger partial charge is 0.251 e. The van der Waals surface area contributed by atoms with Gasteiger partial charge in [0.2, 0.25) is 0 Å². The molecule has 1 heterocycles. The third-order valence-corrected chi connectivity index (χ3v) is 2.28. The van der Waals surface area contributed by atoms with Crippen LogP contribution in [0.4, 0.5) is 0 Å². The number of rotatable bonds is 5. The Morgan fingerprint density at radius 3 is 2.50 bits per heavy atom. The summed E-state index contributed by atoms with van der Waals surface area (Å²) < 4.78 is 0. The van der Waals surface area contributed by atoms with Crippen molar-refractivity contribution in [2.45, 2.75) is 12.8 Å². The van der Waals surface area contributed by atoms with Gasteiger partial charge < -0.3 is 10.4 Å². The zero-order valence-electron chi connectivity index (χ0n) is 8.54. The number of carbonyl (C=O) groups excluding carboxylic acids is 1. The first-order chi connectivity index (χ1) is 7.63. The van der Waals surface area contributed by atoms with E-state index in [0.717, 1.165) is 6.42 Å². The van der Waals surface area contributed by atoms with Crippen molar-refractivity contribution >= 4 is 29.1 Å². The van der Waals surface area contributed by atoms with Gasteiger partial charge in [-0.25, -0.2) is 4.98 Å². The summed E-state index contributed by atoms with van der Waals surface area (Å²) in [6.07, 6.45) is 1.40. The Kier molecular flexibility index (Phi) is 5.52. The SMILES string of the molecule is O=C(NCCCCO)c1cc(Cl)nc(Cl)c1. The number of nitrogens with one attached hydrogen (secondary N) is 1. The lowest BCUT2D eigenvalue weighted by molar-refractivity contribution is 0.0952. The Labute approximate surface area is 104 Å². The lowest BCUT2D eigenvalue weighted by atomic mass is 10.2. The van der Waals surface area contributed by atoms with Gasteiger partial charge in [0.1, 0.15) is 10.3 Å². The van der Waals surface area contributed by atoms with Gasteiger partial charge >= 0.3 is 0 Å². The number of nitrogens with zero attached hydrogens (tertiary/aromatic N) is 1. The second-order valence-electron chi connectivity index (χ2n) is 3.19. The average Bonchev–Trinajstić information content (AvgIpc) is 2.22. The van der Waals surface area contributed by atoms with E-state index in [2.05, 4.69) is 10.3 Å². The molecule has 88 valence electrons. The van der Waals surface area contributed by atoms with Gasteiger partial charge in [0.05, 0.1) is 0 Å². The molecule has 16 heavy (non-hydrogen) atoms. The number of aliphatic hydroxyl groups is 1. The van der Waals surface area contributed by atoms with E-state index in [1.165, 1.54) is 12.1 Å². The van der Waals surface area contributed by atoms with Crippen LogP contribution in [-0.4, -0.2) is 29.1 Å². The largest absolute Gasteiger partial charge is 0.396 e. The summed E-state index contributed by atoms with van der Waals surface area (Å²) in [5.41, 5.74) is 0.383. The molecule has 1 amide bonds. The van der Waals surface area contributed by atoms with E-state index >= 15 is 0 Å². The summed E-state index contributed by atoms with van der Waals surface area (Å²) >= 11 is 11.3. The van der Waals surface area contributed by atoms with Crippen LogP contribution in [0.25, 0.3) is 0 Å². The average molecular weight is 263 g/mol. The van der Waals surface area contributed by atoms with E-state index < -0.39 is 0 Å². The Morgan fingerprint density at radius 1 is 1.31 bits per heavy atom. The summed E-state index contributed by atoms with van der Waals surface area (Å²) in [4.78, 5) is 15.3. The molecule has 0 aromatic carbocycles. The Bertz CT molecular complexity index is 352. The zero-order valence-corrected chi connectivity index (χ0v) is 10.1. The van der Waals surface area contributed by atoms with Gasteiger partial charge in [-0.05, 0) is 25.0 Å². The normalized spacial score (nSPS) is 10.2. The number of halogens is 2. The van der Waals surface area contributed by atoms with Crippen molar-refractivity contribution in [1.82, 2.24) is 10.3 Å². The molecule has 0 bridgehead atoms. The highest BCUT2D eigenvalue weighted by Crippen LogP contribution is 2.14. The minimum Gasteiger partial charge on any atom is -0.396 e. The van der Waals surface area contributed by atoms with Crippen molar-refractivity contribution in [3.63, 3.8) is 0 Å². The van der Waals surface area contributed by atoms with Gasteiger partial charge in [0.15, 0.2) is 0 Å². The fourth-order valence-electron chi connectivity index (χ4n) is 1.14. The summed E-state index contributed by atoms with van der Waals surface area (Å²) in [6.45, 7) is 0.639. The molecule has 0 spiro atoms. The fraction of sp³-hybridized carbons (Fsp3) is 0.400. The maximum Gasteiger partial charge on any atom is 0.251 e. The molecule has 0 unspecified atom stereocenters. The van der Waals surface area contributed by atoms with E-state index in [4.69, 9.17) is 28.3 Å². The molecule has 1 aromatic heterocycles. The molecule has 1 rings (SSSR count). The van der Waals surface area contributed by atoms with E-state index in [1.54, 1.807) is 0 Å². The number of pyridine rings is 1. The molecule has 0 saturated carbocycles. The molecule has 0 aliphatic rings. The van der Waals surface area contributed by atoms with Crippen molar-refractivity contribution in [3.8, 4) is 0 Å². The van der Waals surface area contributed by atoms with Crippen LogP contribution >= 0.6 is 23.2 Å². The third-order valence-electron chi connectivity index (χ3n) is 1.90. The number of hydrogen-bond acceptors (Lipinski definition) is 3. The van der Waals surface area contributed by atoms with Crippen LogP contribution in [0, 0.1) is 0 Å². The zero-order chi connectivity index (χ0) is 12.0. The molecule has 4 nitrogen and oxygen atoms in total. The van der Waals surface area contributed by atoms with Crippen molar-refractivity contribution in [3.05, 3.63) is 28.0 Å². The third kappa shape index (κ3) is 4.35. The lowest BCUT2D eigenvalue weighted by Crippen LogP contribution is -2.24. The van der Waals surface area contributed by atoms with E-state index in [0.29, 0.717) is 18.5 Å². The Morgan fingerprint density at radius 2 is 1.94 bits per heavy atom. The van der Waals surface area contributed by atoms with Crippen LogP contribution in [0.1, 0.15) is 23.2 Å². The van der Waals surface area contributed by atoms with E-state index in [9.17, 15) is 4.79 Å². The molecule has 2 N–H and O–H groups in total. The number of unbranched alkanes of at least 4 members (excludes halogenated alkanes) is 1. The molecule has 0 aliphatic carbocycles. The monoisotopic (exact) mass is 262 g/mol. The van der Waals surface area contributed by atoms with Gasteiger partial charge in [0.25, 0.3) is 5.91 Å². The fourth-order valence-corrected chi connectivity index (χ4v) is 1.60. The summed E-state index contributed by atoms with van der Waals surface area (Å²) in [5.74, 6) is -0.246. The minimum atomic E-state index is -0.246.